The second kappa shape index (κ2) is 11.7. The lowest BCUT2D eigenvalue weighted by molar-refractivity contribution is 0.0955. The summed E-state index contributed by atoms with van der Waals surface area (Å²) in [6.45, 7) is 3.80. The van der Waals surface area contributed by atoms with Gasteiger partial charge in [-0.25, -0.2) is 5.43 Å². The SMILES string of the molecule is COc1ccc2cc(/C(C)=N\Nc3cccc(C(=O)N/N=C(\C)c4ccc5cc(OC)ccc5c4)c3)ccc2c1. The van der Waals surface area contributed by atoms with Crippen LogP contribution in [0, 0.1) is 0 Å². The van der Waals surface area contributed by atoms with Crippen LogP contribution in [0.5, 0.6) is 11.5 Å². The third-order valence-electron chi connectivity index (χ3n) is 6.73. The maximum Gasteiger partial charge on any atom is 0.271 e. The zero-order valence-corrected chi connectivity index (χ0v) is 22.9. The van der Waals surface area contributed by atoms with Crippen LogP contribution in [0.25, 0.3) is 21.5 Å². The molecule has 200 valence electrons. The number of hydrogen-bond donors (Lipinski definition) is 2. The van der Waals surface area contributed by atoms with E-state index in [4.69, 9.17) is 9.47 Å². The molecule has 0 aromatic heterocycles. The smallest absolute Gasteiger partial charge is 0.271 e. The quantitative estimate of drug-likeness (QED) is 0.167. The van der Waals surface area contributed by atoms with E-state index in [1.807, 2.05) is 80.6 Å². The molecule has 2 N–H and O–H groups in total. The van der Waals surface area contributed by atoms with Crippen LogP contribution >= 0.6 is 0 Å². The van der Waals surface area contributed by atoms with Crippen LogP contribution in [0.1, 0.15) is 35.3 Å². The van der Waals surface area contributed by atoms with Gasteiger partial charge < -0.3 is 9.47 Å². The van der Waals surface area contributed by atoms with Crippen molar-refractivity contribution in [3.8, 4) is 11.5 Å². The Labute approximate surface area is 233 Å². The predicted octanol–water partition coefficient (Wildman–Crippen LogP) is 7.00. The summed E-state index contributed by atoms with van der Waals surface area (Å²) in [5, 5.41) is 13.2. The first kappa shape index (κ1) is 26.4. The molecule has 0 unspecified atom stereocenters. The van der Waals surface area contributed by atoms with Gasteiger partial charge in [0.25, 0.3) is 5.91 Å². The Morgan fingerprint density at radius 2 is 1.12 bits per heavy atom. The highest BCUT2D eigenvalue weighted by Crippen LogP contribution is 2.23. The summed E-state index contributed by atoms with van der Waals surface area (Å²) < 4.78 is 10.6. The number of fused-ring (bicyclic) bond motifs is 2. The average Bonchev–Trinajstić information content (AvgIpc) is 3.01. The highest BCUT2D eigenvalue weighted by Gasteiger charge is 2.08. The van der Waals surface area contributed by atoms with E-state index in [0.29, 0.717) is 17.0 Å². The Morgan fingerprint density at radius 1 is 0.600 bits per heavy atom. The van der Waals surface area contributed by atoms with E-state index in [9.17, 15) is 4.79 Å². The van der Waals surface area contributed by atoms with Crippen LogP contribution in [0.15, 0.2) is 107 Å². The summed E-state index contributed by atoms with van der Waals surface area (Å²) in [4.78, 5) is 12.8. The van der Waals surface area contributed by atoms with Gasteiger partial charge in [0.2, 0.25) is 0 Å². The Hall–Kier alpha value is -5.17. The largest absolute Gasteiger partial charge is 0.497 e. The molecule has 5 aromatic carbocycles. The molecular formula is C33H30N4O3. The Balaban J connectivity index is 1.25. The van der Waals surface area contributed by atoms with Gasteiger partial charge in [-0.3, -0.25) is 10.2 Å². The van der Waals surface area contributed by atoms with Crippen LogP contribution in [-0.2, 0) is 0 Å². The molecule has 0 spiro atoms. The van der Waals surface area contributed by atoms with E-state index >= 15 is 0 Å². The van der Waals surface area contributed by atoms with Crippen molar-refractivity contribution in [1.82, 2.24) is 5.43 Å². The normalized spacial score (nSPS) is 11.9. The molecule has 0 aliphatic rings. The van der Waals surface area contributed by atoms with Gasteiger partial charge in [0.05, 0.1) is 31.3 Å². The molecule has 5 rings (SSSR count). The molecule has 0 aliphatic carbocycles. The summed E-state index contributed by atoms with van der Waals surface area (Å²) in [5.41, 5.74) is 10.3. The number of methoxy groups -OCH3 is 2. The monoisotopic (exact) mass is 530 g/mol. The summed E-state index contributed by atoms with van der Waals surface area (Å²) >= 11 is 0. The number of hydrogen-bond acceptors (Lipinski definition) is 6. The Bertz CT molecular complexity index is 1780. The highest BCUT2D eigenvalue weighted by atomic mass is 16.5. The van der Waals surface area contributed by atoms with Crippen molar-refractivity contribution < 1.29 is 14.3 Å². The first-order valence-electron chi connectivity index (χ1n) is 12.8. The van der Waals surface area contributed by atoms with Gasteiger partial charge in [-0.2, -0.15) is 10.2 Å². The van der Waals surface area contributed by atoms with Crippen molar-refractivity contribution >= 4 is 44.6 Å². The van der Waals surface area contributed by atoms with E-state index in [-0.39, 0.29) is 5.91 Å². The molecular weight excluding hydrogens is 500 g/mol. The molecule has 7 heteroatoms. The fraction of sp³-hybridized carbons (Fsp3) is 0.121. The fourth-order valence-electron chi connectivity index (χ4n) is 4.36. The van der Waals surface area contributed by atoms with Crippen molar-refractivity contribution in [3.05, 3.63) is 114 Å². The van der Waals surface area contributed by atoms with Crippen LogP contribution in [-0.4, -0.2) is 31.6 Å². The third-order valence-corrected chi connectivity index (χ3v) is 6.73. The number of amides is 1. The summed E-state index contributed by atoms with van der Waals surface area (Å²) in [5.74, 6) is 1.33. The number of carbonyl (C=O) groups is 1. The predicted molar refractivity (Wildman–Crippen MR) is 163 cm³/mol. The topological polar surface area (TPSA) is 84.3 Å². The van der Waals surface area contributed by atoms with E-state index in [1.165, 1.54) is 0 Å². The van der Waals surface area contributed by atoms with Crippen molar-refractivity contribution in [1.29, 1.82) is 0 Å². The van der Waals surface area contributed by atoms with Gasteiger partial charge in [0, 0.05) is 5.56 Å². The average molecular weight is 531 g/mol. The fourth-order valence-corrected chi connectivity index (χ4v) is 4.36. The third kappa shape index (κ3) is 5.94. The molecule has 0 bridgehead atoms. The van der Waals surface area contributed by atoms with Crippen LogP contribution in [0.4, 0.5) is 5.69 Å². The summed E-state index contributed by atoms with van der Waals surface area (Å²) in [7, 11) is 3.31. The molecule has 0 fully saturated rings. The van der Waals surface area contributed by atoms with E-state index in [1.54, 1.807) is 32.4 Å². The molecule has 0 saturated carbocycles. The van der Waals surface area contributed by atoms with Crippen LogP contribution < -0.4 is 20.3 Å². The second-order valence-electron chi connectivity index (χ2n) is 9.38. The highest BCUT2D eigenvalue weighted by molar-refractivity contribution is 6.04. The van der Waals surface area contributed by atoms with E-state index in [2.05, 4.69) is 33.2 Å². The number of nitrogens with zero attached hydrogens (tertiary/aromatic N) is 2. The lowest BCUT2D eigenvalue weighted by Crippen LogP contribution is -2.19. The minimum atomic E-state index is -0.306. The molecule has 5 aromatic rings. The summed E-state index contributed by atoms with van der Waals surface area (Å²) in [6.07, 6.45) is 0. The zero-order valence-electron chi connectivity index (χ0n) is 22.9. The second-order valence-corrected chi connectivity index (χ2v) is 9.38. The lowest BCUT2D eigenvalue weighted by Gasteiger charge is -2.08. The van der Waals surface area contributed by atoms with Crippen molar-refractivity contribution in [2.24, 2.45) is 10.2 Å². The first-order chi connectivity index (χ1) is 19.4. The van der Waals surface area contributed by atoms with Gasteiger partial charge in [-0.15, -0.1) is 0 Å². The number of rotatable bonds is 8. The Morgan fingerprint density at radius 3 is 1.70 bits per heavy atom. The van der Waals surface area contributed by atoms with Gasteiger partial charge in [0.15, 0.2) is 0 Å². The molecule has 7 nitrogen and oxygen atoms in total. The van der Waals surface area contributed by atoms with Gasteiger partial charge in [0.1, 0.15) is 11.5 Å². The molecule has 0 heterocycles. The number of carbonyl (C=O) groups excluding carboxylic acids is 1. The first-order valence-corrected chi connectivity index (χ1v) is 12.8. The molecule has 0 aliphatic heterocycles. The molecule has 0 saturated heterocycles. The number of anilines is 1. The maximum absolute atomic E-state index is 12.8. The zero-order chi connectivity index (χ0) is 28.1. The number of hydrazone groups is 2. The van der Waals surface area contributed by atoms with Gasteiger partial charge in [-0.1, -0.05) is 42.5 Å². The Kier molecular flexibility index (Phi) is 7.73. The number of ether oxygens (including phenoxy) is 2. The molecule has 0 radical (unpaired) electrons. The summed E-state index contributed by atoms with van der Waals surface area (Å²) in [6, 6.07) is 31.2. The minimum Gasteiger partial charge on any atom is -0.497 e. The minimum absolute atomic E-state index is 0.306. The lowest BCUT2D eigenvalue weighted by atomic mass is 10.0. The molecule has 40 heavy (non-hydrogen) atoms. The van der Waals surface area contributed by atoms with Gasteiger partial charge >= 0.3 is 0 Å². The van der Waals surface area contributed by atoms with Crippen LogP contribution in [0.3, 0.4) is 0 Å². The van der Waals surface area contributed by atoms with Crippen molar-refractivity contribution in [3.63, 3.8) is 0 Å². The van der Waals surface area contributed by atoms with Crippen molar-refractivity contribution in [2.75, 3.05) is 19.6 Å². The van der Waals surface area contributed by atoms with Crippen molar-refractivity contribution in [2.45, 2.75) is 13.8 Å². The maximum atomic E-state index is 12.8. The van der Waals surface area contributed by atoms with Crippen LogP contribution in [0.2, 0.25) is 0 Å². The standard InChI is InChI=1S/C33H30N4O3/c1-21(23-8-10-27-19-31(39-3)14-12-25(27)16-23)34-36-30-7-5-6-29(18-30)33(38)37-35-22(2)24-9-11-28-20-32(40-4)15-13-26(28)17-24/h5-20,36H,1-4H3,(H,37,38)/b34-21-,35-22+. The van der Waals surface area contributed by atoms with E-state index in [0.717, 1.165) is 49.9 Å². The van der Waals surface area contributed by atoms with Gasteiger partial charge in [-0.05, 0) is 101 Å². The molecule has 1 amide bonds. The number of nitrogens with one attached hydrogen (secondary N) is 2. The number of benzene rings is 5. The van der Waals surface area contributed by atoms with E-state index < -0.39 is 0 Å². The molecule has 0 atom stereocenters.